The summed E-state index contributed by atoms with van der Waals surface area (Å²) in [5.74, 6) is -0.953. The lowest BCUT2D eigenvalue weighted by Gasteiger charge is -2.09. The number of hydrogen-bond donors (Lipinski definition) is 3. The lowest BCUT2D eigenvalue weighted by molar-refractivity contribution is 0.102. The smallest absolute Gasteiger partial charge is 0.265 e. The van der Waals surface area contributed by atoms with Crippen LogP contribution in [0, 0.1) is 0 Å². The van der Waals surface area contributed by atoms with Crippen LogP contribution in [0.3, 0.4) is 0 Å². The molecule has 1 aromatic heterocycles. The molecule has 23 heavy (non-hydrogen) atoms. The Hall–Kier alpha value is -3.08. The number of aromatic nitrogens is 1. The Labute approximate surface area is 132 Å². The number of nitrogens with one attached hydrogen (secondary N) is 2. The number of aromatic hydroxyl groups is 1. The number of carbonyl (C=O) groups is 1. The Balaban J connectivity index is 1.98. The first-order chi connectivity index (χ1) is 11.1. The molecule has 1 heterocycles. The first-order valence-corrected chi connectivity index (χ1v) is 7.34. The highest BCUT2D eigenvalue weighted by molar-refractivity contribution is 6.08. The third-order valence-corrected chi connectivity index (χ3v) is 3.74. The second-order valence-corrected chi connectivity index (χ2v) is 5.23. The van der Waals surface area contributed by atoms with E-state index >= 15 is 0 Å². The number of rotatable bonds is 3. The largest absolute Gasteiger partial charge is 0.506 e. The zero-order valence-corrected chi connectivity index (χ0v) is 12.6. The van der Waals surface area contributed by atoms with Crippen molar-refractivity contribution >= 4 is 22.5 Å². The predicted octanol–water partition coefficient (Wildman–Crippen LogP) is 3.05. The number of para-hydroxylation sites is 1. The number of anilines is 1. The summed E-state index contributed by atoms with van der Waals surface area (Å²) in [6.45, 7) is 2.04. The van der Waals surface area contributed by atoms with Gasteiger partial charge in [0, 0.05) is 11.1 Å². The molecular formula is C18H16N2O3. The van der Waals surface area contributed by atoms with Gasteiger partial charge < -0.3 is 15.4 Å². The minimum absolute atomic E-state index is 0.289. The molecule has 0 atom stereocenters. The van der Waals surface area contributed by atoms with Crippen LogP contribution in [0.2, 0.25) is 0 Å². The molecule has 3 aromatic rings. The van der Waals surface area contributed by atoms with Gasteiger partial charge in [0.15, 0.2) is 0 Å². The number of H-pyrrole nitrogens is 1. The van der Waals surface area contributed by atoms with Crippen molar-refractivity contribution in [2.45, 2.75) is 13.3 Å². The Morgan fingerprint density at radius 3 is 2.52 bits per heavy atom. The lowest BCUT2D eigenvalue weighted by Crippen LogP contribution is -2.23. The highest BCUT2D eigenvalue weighted by atomic mass is 16.3. The van der Waals surface area contributed by atoms with Gasteiger partial charge in [0.1, 0.15) is 11.3 Å². The molecule has 0 saturated heterocycles. The van der Waals surface area contributed by atoms with Crippen LogP contribution in [0.5, 0.6) is 5.75 Å². The third kappa shape index (κ3) is 2.81. The molecule has 0 unspecified atom stereocenters. The minimum Gasteiger partial charge on any atom is -0.506 e. The molecule has 0 saturated carbocycles. The maximum atomic E-state index is 12.4. The number of carbonyl (C=O) groups excluding carboxylic acids is 1. The highest BCUT2D eigenvalue weighted by Crippen LogP contribution is 2.25. The fraction of sp³-hybridized carbons (Fsp3) is 0.111. The van der Waals surface area contributed by atoms with Crippen molar-refractivity contribution in [1.82, 2.24) is 4.98 Å². The van der Waals surface area contributed by atoms with Gasteiger partial charge in [-0.3, -0.25) is 9.59 Å². The summed E-state index contributed by atoms with van der Waals surface area (Å²) in [5, 5.41) is 13.3. The SMILES string of the molecule is CCc1ccc(NC(=O)c2c(O)c3ccccc3[nH]c2=O)cc1. The highest BCUT2D eigenvalue weighted by Gasteiger charge is 2.19. The van der Waals surface area contributed by atoms with Crippen molar-refractivity contribution in [3.8, 4) is 5.75 Å². The van der Waals surface area contributed by atoms with Gasteiger partial charge in [0.05, 0.1) is 5.52 Å². The van der Waals surface area contributed by atoms with E-state index in [0.717, 1.165) is 12.0 Å². The molecule has 2 aromatic carbocycles. The Kier molecular flexibility index (Phi) is 3.85. The molecule has 3 rings (SSSR count). The number of fused-ring (bicyclic) bond motifs is 1. The van der Waals surface area contributed by atoms with Crippen LogP contribution in [-0.2, 0) is 6.42 Å². The van der Waals surface area contributed by atoms with Crippen LogP contribution < -0.4 is 10.9 Å². The van der Waals surface area contributed by atoms with Crippen LogP contribution in [-0.4, -0.2) is 16.0 Å². The van der Waals surface area contributed by atoms with E-state index in [1.54, 1.807) is 36.4 Å². The summed E-state index contributed by atoms with van der Waals surface area (Å²) >= 11 is 0. The van der Waals surface area contributed by atoms with Gasteiger partial charge in [-0.2, -0.15) is 0 Å². The maximum Gasteiger partial charge on any atom is 0.265 e. The summed E-state index contributed by atoms with van der Waals surface area (Å²) in [4.78, 5) is 27.1. The summed E-state index contributed by atoms with van der Waals surface area (Å²) < 4.78 is 0. The van der Waals surface area contributed by atoms with Gasteiger partial charge in [0.25, 0.3) is 11.5 Å². The number of benzene rings is 2. The van der Waals surface area contributed by atoms with E-state index in [1.807, 2.05) is 19.1 Å². The Morgan fingerprint density at radius 1 is 1.13 bits per heavy atom. The number of aryl methyl sites for hydroxylation is 1. The molecule has 1 amide bonds. The van der Waals surface area contributed by atoms with E-state index < -0.39 is 11.5 Å². The topological polar surface area (TPSA) is 82.2 Å². The van der Waals surface area contributed by atoms with Gasteiger partial charge in [-0.25, -0.2) is 0 Å². The first kappa shape index (κ1) is 14.8. The van der Waals surface area contributed by atoms with Crippen LogP contribution in [0.15, 0.2) is 53.3 Å². The van der Waals surface area contributed by atoms with E-state index in [-0.39, 0.29) is 11.3 Å². The van der Waals surface area contributed by atoms with Crippen LogP contribution in [0.25, 0.3) is 10.9 Å². The predicted molar refractivity (Wildman–Crippen MR) is 90.0 cm³/mol. The molecular weight excluding hydrogens is 292 g/mol. The van der Waals surface area contributed by atoms with Gasteiger partial charge in [-0.1, -0.05) is 31.2 Å². The van der Waals surface area contributed by atoms with E-state index in [9.17, 15) is 14.7 Å². The standard InChI is InChI=1S/C18H16N2O3/c1-2-11-7-9-12(10-8-11)19-17(22)15-16(21)13-5-3-4-6-14(13)20-18(15)23/h3-10H,2H2,1H3,(H,19,22)(H2,20,21,23). The molecule has 0 bridgehead atoms. The molecule has 0 aliphatic heterocycles. The number of aromatic amines is 1. The number of amides is 1. The molecule has 5 heteroatoms. The summed E-state index contributed by atoms with van der Waals surface area (Å²) in [5.41, 5.74) is 1.29. The summed E-state index contributed by atoms with van der Waals surface area (Å²) in [6.07, 6.45) is 0.902. The van der Waals surface area contributed by atoms with Crippen molar-refractivity contribution in [3.05, 3.63) is 70.0 Å². The fourth-order valence-electron chi connectivity index (χ4n) is 2.45. The maximum absolute atomic E-state index is 12.4. The second kappa shape index (κ2) is 5.96. The van der Waals surface area contributed by atoms with Crippen LogP contribution in [0.1, 0.15) is 22.8 Å². The first-order valence-electron chi connectivity index (χ1n) is 7.34. The number of pyridine rings is 1. The lowest BCUT2D eigenvalue weighted by atomic mass is 10.1. The normalized spacial score (nSPS) is 10.7. The second-order valence-electron chi connectivity index (χ2n) is 5.23. The van der Waals surface area contributed by atoms with E-state index in [0.29, 0.717) is 16.6 Å². The molecule has 0 fully saturated rings. The molecule has 0 spiro atoms. The fourth-order valence-corrected chi connectivity index (χ4v) is 2.45. The average Bonchev–Trinajstić information content (AvgIpc) is 2.55. The van der Waals surface area contributed by atoms with Crippen molar-refractivity contribution in [2.75, 3.05) is 5.32 Å². The zero-order chi connectivity index (χ0) is 16.4. The molecule has 3 N–H and O–H groups in total. The zero-order valence-electron chi connectivity index (χ0n) is 12.6. The van der Waals surface area contributed by atoms with Crippen molar-refractivity contribution in [1.29, 1.82) is 0 Å². The van der Waals surface area contributed by atoms with Crippen molar-refractivity contribution < 1.29 is 9.90 Å². The Morgan fingerprint density at radius 2 is 1.83 bits per heavy atom. The van der Waals surface area contributed by atoms with E-state index in [1.165, 1.54) is 0 Å². The molecule has 116 valence electrons. The third-order valence-electron chi connectivity index (χ3n) is 3.74. The molecule has 0 aliphatic carbocycles. The van der Waals surface area contributed by atoms with Crippen LogP contribution in [0.4, 0.5) is 5.69 Å². The van der Waals surface area contributed by atoms with Gasteiger partial charge >= 0.3 is 0 Å². The van der Waals surface area contributed by atoms with Crippen LogP contribution >= 0.6 is 0 Å². The molecule has 0 aliphatic rings. The van der Waals surface area contributed by atoms with Crippen molar-refractivity contribution in [2.24, 2.45) is 0 Å². The molecule has 5 nitrogen and oxygen atoms in total. The van der Waals surface area contributed by atoms with Gasteiger partial charge in [-0.05, 0) is 36.2 Å². The quantitative estimate of drug-likeness (QED) is 0.695. The summed E-state index contributed by atoms with van der Waals surface area (Å²) in [7, 11) is 0. The minimum atomic E-state index is -0.640. The van der Waals surface area contributed by atoms with Gasteiger partial charge in [-0.15, -0.1) is 0 Å². The number of hydrogen-bond acceptors (Lipinski definition) is 3. The van der Waals surface area contributed by atoms with Crippen molar-refractivity contribution in [3.63, 3.8) is 0 Å². The van der Waals surface area contributed by atoms with E-state index in [4.69, 9.17) is 0 Å². The van der Waals surface area contributed by atoms with Gasteiger partial charge in [0.2, 0.25) is 0 Å². The van der Waals surface area contributed by atoms with E-state index in [2.05, 4.69) is 10.3 Å². The monoisotopic (exact) mass is 308 g/mol. The Bertz CT molecular complexity index is 927. The summed E-state index contributed by atoms with van der Waals surface area (Å²) in [6, 6.07) is 14.1. The molecule has 0 radical (unpaired) electrons. The average molecular weight is 308 g/mol.